The molecule has 0 spiro atoms. The number of anilines is 1. The normalized spacial score (nSPS) is 15.2. The number of hydrogen-bond donors (Lipinski definition) is 1. The minimum Gasteiger partial charge on any atom is -0.384 e. The minimum atomic E-state index is 0.998. The van der Waals surface area contributed by atoms with E-state index in [9.17, 15) is 0 Å². The third-order valence-electron chi connectivity index (χ3n) is 3.28. The summed E-state index contributed by atoms with van der Waals surface area (Å²) in [5, 5.41) is 3.49. The highest BCUT2D eigenvalue weighted by Crippen LogP contribution is 2.29. The Morgan fingerprint density at radius 2 is 1.94 bits per heavy atom. The van der Waals surface area contributed by atoms with Crippen LogP contribution in [0.15, 0.2) is 30.3 Å². The largest absolute Gasteiger partial charge is 0.384 e. The fourth-order valence-electron chi connectivity index (χ4n) is 2.19. The molecule has 1 N–H and O–H groups in total. The molecule has 2 nitrogen and oxygen atoms in total. The Labute approximate surface area is 105 Å². The molecule has 2 rings (SSSR count). The third kappa shape index (κ3) is 4.78. The maximum atomic E-state index is 3.49. The fraction of sp³-hybridized carbons (Fsp3) is 0.600. The molecule has 94 valence electrons. The molecule has 1 aliphatic carbocycles. The first-order valence-corrected chi connectivity index (χ1v) is 6.89. The molecule has 17 heavy (non-hydrogen) atoms. The van der Waals surface area contributed by atoms with E-state index in [1.165, 1.54) is 44.6 Å². The van der Waals surface area contributed by atoms with Crippen molar-refractivity contribution in [2.24, 2.45) is 5.92 Å². The van der Waals surface area contributed by atoms with Crippen LogP contribution in [0.3, 0.4) is 0 Å². The van der Waals surface area contributed by atoms with Crippen LogP contribution in [0, 0.1) is 5.92 Å². The van der Waals surface area contributed by atoms with Gasteiger partial charge >= 0.3 is 0 Å². The molecule has 0 heterocycles. The van der Waals surface area contributed by atoms with Crippen molar-refractivity contribution in [2.75, 3.05) is 31.5 Å². The molecular formula is C15H24N2. The van der Waals surface area contributed by atoms with Gasteiger partial charge in [0.2, 0.25) is 0 Å². The van der Waals surface area contributed by atoms with Crippen molar-refractivity contribution in [3.05, 3.63) is 30.3 Å². The number of benzene rings is 1. The Hall–Kier alpha value is -1.02. The summed E-state index contributed by atoms with van der Waals surface area (Å²) in [5.41, 5.74) is 1.23. The Balaban J connectivity index is 1.67. The van der Waals surface area contributed by atoms with E-state index >= 15 is 0 Å². The average Bonchev–Trinajstić information content (AvgIpc) is 3.15. The number of nitrogens with one attached hydrogen (secondary N) is 1. The zero-order valence-electron chi connectivity index (χ0n) is 10.9. The molecule has 0 aliphatic heterocycles. The van der Waals surface area contributed by atoms with Crippen LogP contribution in [0.5, 0.6) is 0 Å². The van der Waals surface area contributed by atoms with Gasteiger partial charge in [-0.05, 0) is 43.9 Å². The molecule has 0 unspecified atom stereocenters. The van der Waals surface area contributed by atoms with Crippen molar-refractivity contribution >= 4 is 5.69 Å². The van der Waals surface area contributed by atoms with Gasteiger partial charge in [-0.25, -0.2) is 0 Å². The zero-order valence-corrected chi connectivity index (χ0v) is 10.9. The van der Waals surface area contributed by atoms with E-state index in [1.54, 1.807) is 0 Å². The van der Waals surface area contributed by atoms with E-state index in [0.29, 0.717) is 0 Å². The number of hydrogen-bond acceptors (Lipinski definition) is 2. The molecule has 1 aromatic carbocycles. The first-order valence-electron chi connectivity index (χ1n) is 6.89. The van der Waals surface area contributed by atoms with Gasteiger partial charge < -0.3 is 10.2 Å². The Bertz CT molecular complexity index is 306. The van der Waals surface area contributed by atoms with Crippen molar-refractivity contribution in [2.45, 2.75) is 26.2 Å². The standard InChI is InChI=1S/C15H24N2/c1-2-11-17(13-14-8-9-14)12-10-16-15-6-4-3-5-7-15/h3-7,14,16H,2,8-13H2,1H3. The lowest BCUT2D eigenvalue weighted by Gasteiger charge is -2.21. The van der Waals surface area contributed by atoms with Crippen molar-refractivity contribution < 1.29 is 0 Å². The Morgan fingerprint density at radius 3 is 2.59 bits per heavy atom. The van der Waals surface area contributed by atoms with Crippen LogP contribution in [0.2, 0.25) is 0 Å². The van der Waals surface area contributed by atoms with Gasteiger partial charge in [-0.1, -0.05) is 25.1 Å². The molecule has 1 saturated carbocycles. The van der Waals surface area contributed by atoms with E-state index in [2.05, 4.69) is 47.5 Å². The summed E-state index contributed by atoms with van der Waals surface area (Å²) in [5.74, 6) is 0.998. The van der Waals surface area contributed by atoms with Gasteiger partial charge in [0.15, 0.2) is 0 Å². The first-order chi connectivity index (χ1) is 8.38. The fourth-order valence-corrected chi connectivity index (χ4v) is 2.19. The maximum Gasteiger partial charge on any atom is 0.0340 e. The van der Waals surface area contributed by atoms with E-state index in [-0.39, 0.29) is 0 Å². The number of rotatable bonds is 8. The molecule has 1 fully saturated rings. The van der Waals surface area contributed by atoms with Gasteiger partial charge in [-0.15, -0.1) is 0 Å². The van der Waals surface area contributed by atoms with E-state index < -0.39 is 0 Å². The zero-order chi connectivity index (χ0) is 11.9. The second kappa shape index (κ2) is 6.65. The molecule has 0 radical (unpaired) electrons. The smallest absolute Gasteiger partial charge is 0.0340 e. The van der Waals surface area contributed by atoms with Crippen LogP contribution in [-0.2, 0) is 0 Å². The van der Waals surface area contributed by atoms with Gasteiger partial charge in [0.05, 0.1) is 0 Å². The van der Waals surface area contributed by atoms with Gasteiger partial charge in [0, 0.05) is 25.3 Å². The summed E-state index contributed by atoms with van der Waals surface area (Å²) in [7, 11) is 0. The Morgan fingerprint density at radius 1 is 1.18 bits per heavy atom. The molecule has 1 aromatic rings. The molecule has 0 bridgehead atoms. The maximum absolute atomic E-state index is 3.49. The number of para-hydroxylation sites is 1. The lowest BCUT2D eigenvalue weighted by atomic mass is 10.3. The highest BCUT2D eigenvalue weighted by molar-refractivity contribution is 5.42. The Kier molecular flexibility index (Phi) is 4.87. The topological polar surface area (TPSA) is 15.3 Å². The van der Waals surface area contributed by atoms with Crippen molar-refractivity contribution in [3.63, 3.8) is 0 Å². The van der Waals surface area contributed by atoms with Crippen molar-refractivity contribution in [3.8, 4) is 0 Å². The van der Waals surface area contributed by atoms with Crippen LogP contribution in [0.25, 0.3) is 0 Å². The van der Waals surface area contributed by atoms with Gasteiger partial charge in [-0.2, -0.15) is 0 Å². The first kappa shape index (κ1) is 12.4. The quantitative estimate of drug-likeness (QED) is 0.740. The molecule has 0 atom stereocenters. The molecule has 0 amide bonds. The molecular weight excluding hydrogens is 208 g/mol. The minimum absolute atomic E-state index is 0.998. The summed E-state index contributed by atoms with van der Waals surface area (Å²) in [6.07, 6.45) is 4.16. The summed E-state index contributed by atoms with van der Waals surface area (Å²) in [6, 6.07) is 10.5. The third-order valence-corrected chi connectivity index (χ3v) is 3.28. The highest BCUT2D eigenvalue weighted by Gasteiger charge is 2.23. The highest BCUT2D eigenvalue weighted by atomic mass is 15.1. The molecule has 1 aliphatic rings. The summed E-state index contributed by atoms with van der Waals surface area (Å²) < 4.78 is 0. The van der Waals surface area contributed by atoms with Crippen LogP contribution < -0.4 is 5.32 Å². The van der Waals surface area contributed by atoms with Crippen LogP contribution in [0.1, 0.15) is 26.2 Å². The summed E-state index contributed by atoms with van der Waals surface area (Å²) in [6.45, 7) is 7.04. The van der Waals surface area contributed by atoms with Crippen LogP contribution in [-0.4, -0.2) is 31.1 Å². The second-order valence-corrected chi connectivity index (χ2v) is 5.04. The van der Waals surface area contributed by atoms with Crippen LogP contribution >= 0.6 is 0 Å². The second-order valence-electron chi connectivity index (χ2n) is 5.04. The van der Waals surface area contributed by atoms with Crippen LogP contribution in [0.4, 0.5) is 5.69 Å². The lowest BCUT2D eigenvalue weighted by molar-refractivity contribution is 0.273. The van der Waals surface area contributed by atoms with E-state index in [0.717, 1.165) is 12.5 Å². The lowest BCUT2D eigenvalue weighted by Crippen LogP contribution is -2.31. The van der Waals surface area contributed by atoms with E-state index in [4.69, 9.17) is 0 Å². The predicted octanol–water partition coefficient (Wildman–Crippen LogP) is 3.22. The van der Waals surface area contributed by atoms with Crippen molar-refractivity contribution in [1.82, 2.24) is 4.90 Å². The summed E-state index contributed by atoms with van der Waals surface area (Å²) >= 11 is 0. The van der Waals surface area contributed by atoms with Crippen molar-refractivity contribution in [1.29, 1.82) is 0 Å². The molecule has 0 saturated heterocycles. The molecule has 2 heteroatoms. The van der Waals surface area contributed by atoms with Gasteiger partial charge in [0.25, 0.3) is 0 Å². The monoisotopic (exact) mass is 232 g/mol. The summed E-state index contributed by atoms with van der Waals surface area (Å²) in [4.78, 5) is 2.60. The van der Waals surface area contributed by atoms with Gasteiger partial charge in [0.1, 0.15) is 0 Å². The van der Waals surface area contributed by atoms with E-state index in [1.807, 2.05) is 0 Å². The molecule has 0 aromatic heterocycles. The SMILES string of the molecule is CCCN(CCNc1ccccc1)CC1CC1. The average molecular weight is 232 g/mol. The number of nitrogens with zero attached hydrogens (tertiary/aromatic N) is 1. The van der Waals surface area contributed by atoms with Gasteiger partial charge in [-0.3, -0.25) is 0 Å². The predicted molar refractivity (Wildman–Crippen MR) is 74.4 cm³/mol.